The molecule has 3 heterocycles. The topological polar surface area (TPSA) is 50.2 Å². The van der Waals surface area contributed by atoms with Gasteiger partial charge in [0.25, 0.3) is 5.91 Å². The number of rotatable bonds is 2. The zero-order valence-corrected chi connectivity index (χ0v) is 14.9. The second-order valence-electron chi connectivity index (χ2n) is 6.79. The Morgan fingerprint density at radius 3 is 2.07 bits per heavy atom. The van der Waals surface area contributed by atoms with Crippen LogP contribution in [0, 0.1) is 5.41 Å². The van der Waals surface area contributed by atoms with E-state index in [9.17, 15) is 31.1 Å². The molecule has 1 amide bonds. The summed E-state index contributed by atoms with van der Waals surface area (Å²) in [6, 6.07) is 1.57. The zero-order chi connectivity index (χ0) is 19.2. The van der Waals surface area contributed by atoms with E-state index in [1.165, 1.54) is 17.1 Å². The van der Waals surface area contributed by atoms with Gasteiger partial charge in [-0.05, 0) is 38.4 Å². The average molecular weight is 421 g/mol. The summed E-state index contributed by atoms with van der Waals surface area (Å²) >= 11 is 0. The number of alkyl halides is 6. The van der Waals surface area contributed by atoms with E-state index in [2.05, 4.69) is 10.4 Å². The lowest BCUT2D eigenvalue weighted by molar-refractivity contribution is -0.335. The second kappa shape index (κ2) is 7.16. The summed E-state index contributed by atoms with van der Waals surface area (Å²) in [7, 11) is 0. The van der Waals surface area contributed by atoms with Crippen molar-refractivity contribution in [2.24, 2.45) is 5.41 Å². The van der Waals surface area contributed by atoms with Crippen LogP contribution in [-0.4, -0.2) is 59.1 Å². The molecule has 0 aromatic carbocycles. The number of halogens is 7. The molecule has 5 nitrogen and oxygen atoms in total. The molecule has 1 aromatic rings. The Morgan fingerprint density at radius 2 is 1.63 bits per heavy atom. The Kier molecular flexibility index (Phi) is 5.78. The van der Waals surface area contributed by atoms with Crippen molar-refractivity contribution >= 4 is 18.3 Å². The SMILES string of the molecule is Cl.O=C(N1CCC(C(F)(F)F)(C(F)(F)F)C1)C1(n2cccn2)CCNCC1. The van der Waals surface area contributed by atoms with Crippen molar-refractivity contribution in [3.63, 3.8) is 0 Å². The van der Waals surface area contributed by atoms with Crippen molar-refractivity contribution in [3.8, 4) is 0 Å². The van der Waals surface area contributed by atoms with Crippen LogP contribution in [0.15, 0.2) is 18.5 Å². The predicted octanol–water partition coefficient (Wildman–Crippen LogP) is 2.73. The van der Waals surface area contributed by atoms with Crippen LogP contribution in [-0.2, 0) is 10.3 Å². The fourth-order valence-electron chi connectivity index (χ4n) is 3.80. The minimum absolute atomic E-state index is 0. The molecule has 1 aromatic heterocycles. The van der Waals surface area contributed by atoms with Crippen molar-refractivity contribution < 1.29 is 31.1 Å². The van der Waals surface area contributed by atoms with Crippen LogP contribution in [0.25, 0.3) is 0 Å². The maximum absolute atomic E-state index is 13.3. The van der Waals surface area contributed by atoms with Gasteiger partial charge in [-0.1, -0.05) is 0 Å². The van der Waals surface area contributed by atoms with Crippen molar-refractivity contribution in [1.82, 2.24) is 20.0 Å². The quantitative estimate of drug-likeness (QED) is 0.749. The maximum Gasteiger partial charge on any atom is 0.404 e. The monoisotopic (exact) mass is 420 g/mol. The number of nitrogens with one attached hydrogen (secondary N) is 1. The van der Waals surface area contributed by atoms with Gasteiger partial charge in [0, 0.05) is 25.5 Å². The molecule has 154 valence electrons. The molecule has 27 heavy (non-hydrogen) atoms. The second-order valence-corrected chi connectivity index (χ2v) is 6.79. The van der Waals surface area contributed by atoms with Crippen LogP contribution in [0.4, 0.5) is 26.3 Å². The van der Waals surface area contributed by atoms with Gasteiger partial charge in [-0.15, -0.1) is 12.4 Å². The lowest BCUT2D eigenvalue weighted by Gasteiger charge is -2.40. The van der Waals surface area contributed by atoms with Crippen molar-refractivity contribution in [3.05, 3.63) is 18.5 Å². The van der Waals surface area contributed by atoms with E-state index in [0.29, 0.717) is 18.0 Å². The Balaban J connectivity index is 0.00000261. The standard InChI is InChI=1S/C15H18F6N4O.ClH/c16-14(17,18)13(15(19,20)21)4-9-24(10-13)11(26)12(2-6-22-7-3-12)25-8-1-5-23-25;/h1,5,8,22H,2-4,6-7,9-10H2;1H. The summed E-state index contributed by atoms with van der Waals surface area (Å²) in [5.41, 5.74) is -5.14. The third-order valence-electron chi connectivity index (χ3n) is 5.41. The Hall–Kier alpha value is -1.49. The fourth-order valence-corrected chi connectivity index (χ4v) is 3.80. The third-order valence-corrected chi connectivity index (χ3v) is 5.41. The lowest BCUT2D eigenvalue weighted by atomic mass is 9.84. The van der Waals surface area contributed by atoms with Gasteiger partial charge in [-0.25, -0.2) is 0 Å². The van der Waals surface area contributed by atoms with Gasteiger partial charge in [0.05, 0.1) is 0 Å². The zero-order valence-electron chi connectivity index (χ0n) is 14.1. The van der Waals surface area contributed by atoms with E-state index < -0.39 is 48.7 Å². The van der Waals surface area contributed by atoms with Gasteiger partial charge in [0.2, 0.25) is 0 Å². The highest BCUT2D eigenvalue weighted by atomic mass is 35.5. The molecule has 0 spiro atoms. The van der Waals surface area contributed by atoms with Crippen LogP contribution in [0.1, 0.15) is 19.3 Å². The molecule has 0 atom stereocenters. The number of carbonyl (C=O) groups excluding carboxylic acids is 1. The average Bonchev–Trinajstić information content (AvgIpc) is 3.24. The van der Waals surface area contributed by atoms with Crippen LogP contribution >= 0.6 is 12.4 Å². The highest BCUT2D eigenvalue weighted by molar-refractivity contribution is 5.85. The Labute approximate surface area is 157 Å². The number of likely N-dealkylation sites (tertiary alicyclic amines) is 1. The summed E-state index contributed by atoms with van der Waals surface area (Å²) in [5, 5.41) is 7.08. The number of nitrogens with zero attached hydrogens (tertiary/aromatic N) is 3. The molecule has 1 N–H and O–H groups in total. The van der Waals surface area contributed by atoms with Crippen molar-refractivity contribution in [2.45, 2.75) is 37.2 Å². The number of piperidine rings is 1. The van der Waals surface area contributed by atoms with Gasteiger partial charge >= 0.3 is 12.4 Å². The van der Waals surface area contributed by atoms with E-state index in [1.54, 1.807) is 6.07 Å². The molecule has 2 saturated heterocycles. The first kappa shape index (κ1) is 21.8. The summed E-state index contributed by atoms with van der Waals surface area (Å²) in [6.45, 7) is -1.16. The van der Waals surface area contributed by atoms with Crippen molar-refractivity contribution in [1.29, 1.82) is 0 Å². The number of hydrogen-bond acceptors (Lipinski definition) is 3. The van der Waals surface area contributed by atoms with Crippen LogP contribution in [0.3, 0.4) is 0 Å². The van der Waals surface area contributed by atoms with Gasteiger partial charge < -0.3 is 10.2 Å². The largest absolute Gasteiger partial charge is 0.404 e. The number of hydrogen-bond donors (Lipinski definition) is 1. The van der Waals surface area contributed by atoms with Gasteiger partial charge in [0.1, 0.15) is 5.54 Å². The number of amides is 1. The van der Waals surface area contributed by atoms with E-state index in [-0.39, 0.29) is 25.2 Å². The molecule has 0 radical (unpaired) electrons. The minimum Gasteiger partial charge on any atom is -0.339 e. The Morgan fingerprint density at radius 1 is 1.04 bits per heavy atom. The van der Waals surface area contributed by atoms with Gasteiger partial charge in [0.15, 0.2) is 5.41 Å². The van der Waals surface area contributed by atoms with E-state index in [0.717, 1.165) is 0 Å². The van der Waals surface area contributed by atoms with Crippen LogP contribution < -0.4 is 5.32 Å². The highest BCUT2D eigenvalue weighted by Crippen LogP contribution is 2.56. The first-order valence-electron chi connectivity index (χ1n) is 8.17. The highest BCUT2D eigenvalue weighted by Gasteiger charge is 2.73. The van der Waals surface area contributed by atoms with Gasteiger partial charge in [-0.2, -0.15) is 31.4 Å². The summed E-state index contributed by atoms with van der Waals surface area (Å²) in [5.74, 6) is -0.738. The first-order valence-corrected chi connectivity index (χ1v) is 8.17. The first-order chi connectivity index (χ1) is 12.0. The molecule has 2 aliphatic rings. The lowest BCUT2D eigenvalue weighted by Crippen LogP contribution is -2.57. The van der Waals surface area contributed by atoms with Crippen LogP contribution in [0.2, 0.25) is 0 Å². The van der Waals surface area contributed by atoms with E-state index in [4.69, 9.17) is 0 Å². The van der Waals surface area contributed by atoms with E-state index in [1.807, 2.05) is 0 Å². The number of aromatic nitrogens is 2. The fraction of sp³-hybridized carbons (Fsp3) is 0.733. The van der Waals surface area contributed by atoms with E-state index >= 15 is 0 Å². The summed E-state index contributed by atoms with van der Waals surface area (Å²) < 4.78 is 81.0. The Bertz CT molecular complexity index is 640. The normalized spacial score (nSPS) is 22.4. The molecule has 0 bridgehead atoms. The van der Waals surface area contributed by atoms with Gasteiger partial charge in [-0.3, -0.25) is 9.48 Å². The number of carbonyl (C=O) groups is 1. The third kappa shape index (κ3) is 3.39. The molecular formula is C15H19ClF6N4O. The molecule has 2 fully saturated rings. The van der Waals surface area contributed by atoms with Crippen molar-refractivity contribution in [2.75, 3.05) is 26.2 Å². The molecule has 0 saturated carbocycles. The smallest absolute Gasteiger partial charge is 0.339 e. The maximum atomic E-state index is 13.3. The minimum atomic E-state index is -5.48. The molecule has 0 aliphatic carbocycles. The van der Waals surface area contributed by atoms with Crippen LogP contribution in [0.5, 0.6) is 0 Å². The molecule has 12 heteroatoms. The predicted molar refractivity (Wildman–Crippen MR) is 85.3 cm³/mol. The molecule has 2 aliphatic heterocycles. The molecule has 0 unspecified atom stereocenters. The summed E-state index contributed by atoms with van der Waals surface area (Å²) in [4.78, 5) is 13.8. The summed E-state index contributed by atoms with van der Waals surface area (Å²) in [6.07, 6.45) is -8.71. The molecule has 3 rings (SSSR count). The molecular weight excluding hydrogens is 402 g/mol.